The summed E-state index contributed by atoms with van der Waals surface area (Å²) in [6.07, 6.45) is 5.16. The number of carbonyl (C=O) groups is 2. The molecule has 0 heterocycles. The highest BCUT2D eigenvalue weighted by molar-refractivity contribution is 6.00. The molecule has 39 heavy (non-hydrogen) atoms. The topological polar surface area (TPSA) is 87.8 Å². The van der Waals surface area contributed by atoms with E-state index in [9.17, 15) is 18.4 Å². The monoisotopic (exact) mass is 540 g/mol. The molecule has 0 aliphatic heterocycles. The number of rotatable bonds is 14. The van der Waals surface area contributed by atoms with E-state index in [0.29, 0.717) is 61.4 Å². The number of aryl methyl sites for hydroxylation is 1. The maximum atomic E-state index is 14.0. The Labute approximate surface area is 231 Å². The maximum absolute atomic E-state index is 14.0. The number of benzene rings is 2. The molecule has 1 aliphatic rings. The normalized spacial score (nSPS) is 18.6. The van der Waals surface area contributed by atoms with Gasteiger partial charge in [0, 0.05) is 54.7 Å². The van der Waals surface area contributed by atoms with Crippen LogP contribution >= 0.6 is 0 Å². The largest absolute Gasteiger partial charge is 0.387 e. The lowest BCUT2D eigenvalue weighted by atomic mass is 9.99. The van der Waals surface area contributed by atoms with Crippen LogP contribution in [0.3, 0.4) is 0 Å². The van der Waals surface area contributed by atoms with Crippen molar-refractivity contribution in [3.8, 4) is 0 Å². The van der Waals surface area contributed by atoms with Crippen LogP contribution in [-0.2, 0) is 0 Å². The minimum absolute atomic E-state index is 0.0896. The quantitative estimate of drug-likeness (QED) is 0.172. The van der Waals surface area contributed by atoms with Crippen molar-refractivity contribution in [1.82, 2.24) is 10.2 Å². The molecule has 1 unspecified atom stereocenters. The van der Waals surface area contributed by atoms with E-state index in [1.165, 1.54) is 12.1 Å². The highest BCUT2D eigenvalue weighted by atomic mass is 19.1. The molecule has 0 saturated heterocycles. The maximum Gasteiger partial charge on any atom is 0.253 e. The van der Waals surface area contributed by atoms with E-state index in [0.717, 1.165) is 37.3 Å². The molecule has 2 atom stereocenters. The number of amides is 2. The summed E-state index contributed by atoms with van der Waals surface area (Å²) in [4.78, 5) is 33.0. The smallest absolute Gasteiger partial charge is 0.253 e. The van der Waals surface area contributed by atoms with Gasteiger partial charge >= 0.3 is 0 Å². The average molecular weight is 541 g/mol. The first-order valence-electron chi connectivity index (χ1n) is 14.1. The Bertz CT molecular complexity index is 1170. The lowest BCUT2D eigenvalue weighted by molar-refractivity contribution is 0.0755. The Morgan fingerprint density at radius 1 is 1.00 bits per heavy atom. The van der Waals surface area contributed by atoms with Crippen LogP contribution in [0, 0.1) is 18.6 Å². The molecule has 1 saturated carbocycles. The van der Waals surface area contributed by atoms with Crippen LogP contribution in [0.15, 0.2) is 41.4 Å². The molecule has 0 bridgehead atoms. The van der Waals surface area contributed by atoms with Gasteiger partial charge in [0.15, 0.2) is 0 Å². The molecular weight excluding hydrogens is 498 g/mol. The van der Waals surface area contributed by atoms with Crippen molar-refractivity contribution in [2.45, 2.75) is 84.1 Å². The number of nitrogens with one attached hydrogen (secondary N) is 1. The van der Waals surface area contributed by atoms with Crippen molar-refractivity contribution in [2.75, 3.05) is 19.6 Å². The number of amidine groups is 1. The van der Waals surface area contributed by atoms with E-state index >= 15 is 0 Å². The number of hydrogen-bond donors (Lipinski definition) is 2. The first-order valence-corrected chi connectivity index (χ1v) is 14.1. The van der Waals surface area contributed by atoms with Crippen molar-refractivity contribution in [2.24, 2.45) is 10.7 Å². The van der Waals surface area contributed by atoms with Crippen molar-refractivity contribution in [3.63, 3.8) is 0 Å². The first-order chi connectivity index (χ1) is 18.6. The van der Waals surface area contributed by atoms with Gasteiger partial charge in [-0.25, -0.2) is 8.78 Å². The van der Waals surface area contributed by atoms with E-state index in [-0.39, 0.29) is 17.7 Å². The van der Waals surface area contributed by atoms with Gasteiger partial charge in [-0.15, -0.1) is 0 Å². The van der Waals surface area contributed by atoms with Gasteiger partial charge in [-0.2, -0.15) is 0 Å². The molecular formula is C31H42F2N4O2. The number of nitrogens with zero attached hydrogens (tertiary/aromatic N) is 2. The Balaban J connectivity index is 1.83. The fraction of sp³-hybridized carbons (Fsp3) is 0.516. The fourth-order valence-corrected chi connectivity index (χ4v) is 5.32. The van der Waals surface area contributed by atoms with E-state index in [2.05, 4.69) is 10.3 Å². The van der Waals surface area contributed by atoms with Crippen LogP contribution < -0.4 is 11.1 Å². The van der Waals surface area contributed by atoms with Crippen LogP contribution in [-0.4, -0.2) is 47.7 Å². The highest BCUT2D eigenvalue weighted by Crippen LogP contribution is 2.54. The molecule has 1 aliphatic carbocycles. The standard InChI is InChI=1S/C31H42F2N4O2/c1-5-9-28(34)35-11-8-10-31(20-27(31)22-17-25(32)19-26(33)18-22)36-29(38)23-14-21(4)15-24(16-23)30(39)37(12-6-2)13-7-3/h14-19,27H,5-13,20H2,1-4H3,(H2,34,35)(H,36,38)/t27-,31?/m0/s1. The van der Waals surface area contributed by atoms with Crippen LogP contribution in [0.2, 0.25) is 0 Å². The molecule has 2 amide bonds. The molecule has 0 radical (unpaired) electrons. The minimum Gasteiger partial charge on any atom is -0.387 e. The van der Waals surface area contributed by atoms with E-state index in [1.54, 1.807) is 18.2 Å². The summed E-state index contributed by atoms with van der Waals surface area (Å²) in [6, 6.07) is 8.73. The molecule has 3 rings (SSSR count). The predicted octanol–water partition coefficient (Wildman–Crippen LogP) is 6.13. The summed E-state index contributed by atoms with van der Waals surface area (Å²) in [5.41, 5.74) is 7.50. The molecule has 2 aromatic carbocycles. The van der Waals surface area contributed by atoms with Gasteiger partial charge < -0.3 is 16.0 Å². The zero-order valence-corrected chi connectivity index (χ0v) is 23.7. The second kappa shape index (κ2) is 13.7. The third-order valence-corrected chi connectivity index (χ3v) is 7.19. The molecule has 1 fully saturated rings. The number of nitrogens with two attached hydrogens (primary N) is 1. The summed E-state index contributed by atoms with van der Waals surface area (Å²) in [5, 5.41) is 3.17. The SMILES string of the molecule is CCCC(N)=NCCCC1(NC(=O)c2cc(C)cc(C(=O)N(CCC)CCC)c2)C[C@H]1c1cc(F)cc(F)c1. The number of halogens is 2. The lowest BCUT2D eigenvalue weighted by Crippen LogP contribution is -2.39. The lowest BCUT2D eigenvalue weighted by Gasteiger charge is -2.23. The van der Waals surface area contributed by atoms with Gasteiger partial charge in [0.1, 0.15) is 11.6 Å². The van der Waals surface area contributed by atoms with E-state index in [1.807, 2.05) is 32.6 Å². The highest BCUT2D eigenvalue weighted by Gasteiger charge is 2.55. The van der Waals surface area contributed by atoms with Crippen molar-refractivity contribution in [1.29, 1.82) is 0 Å². The van der Waals surface area contributed by atoms with Crippen LogP contribution in [0.4, 0.5) is 8.78 Å². The summed E-state index contributed by atoms with van der Waals surface area (Å²) in [6.45, 7) is 9.79. The molecule has 3 N–H and O–H groups in total. The second-order valence-electron chi connectivity index (χ2n) is 10.7. The molecule has 0 spiro atoms. The van der Waals surface area contributed by atoms with Gasteiger partial charge in [-0.05, 0) is 86.9 Å². The molecule has 6 nitrogen and oxygen atoms in total. The predicted molar refractivity (Wildman–Crippen MR) is 152 cm³/mol. The minimum atomic E-state index is -0.656. The third kappa shape index (κ3) is 8.10. The molecule has 0 aromatic heterocycles. The van der Waals surface area contributed by atoms with Crippen LogP contribution in [0.1, 0.15) is 103 Å². The molecule has 8 heteroatoms. The zero-order chi connectivity index (χ0) is 28.6. The van der Waals surface area contributed by atoms with Crippen molar-refractivity contribution >= 4 is 17.6 Å². The first kappa shape index (κ1) is 30.3. The van der Waals surface area contributed by atoms with Gasteiger partial charge in [-0.3, -0.25) is 14.6 Å². The summed E-state index contributed by atoms with van der Waals surface area (Å²) in [7, 11) is 0. The second-order valence-corrected chi connectivity index (χ2v) is 10.7. The third-order valence-electron chi connectivity index (χ3n) is 7.19. The van der Waals surface area contributed by atoms with Crippen LogP contribution in [0.25, 0.3) is 0 Å². The summed E-state index contributed by atoms with van der Waals surface area (Å²) < 4.78 is 28.0. The molecule has 212 valence electrons. The van der Waals surface area contributed by atoms with Crippen molar-refractivity contribution < 1.29 is 18.4 Å². The summed E-state index contributed by atoms with van der Waals surface area (Å²) in [5.74, 6) is -1.29. The van der Waals surface area contributed by atoms with Gasteiger partial charge in [-0.1, -0.05) is 20.8 Å². The Morgan fingerprint density at radius 3 is 2.26 bits per heavy atom. The number of carbonyl (C=O) groups excluding carboxylic acids is 2. The molecule has 2 aromatic rings. The Morgan fingerprint density at radius 2 is 1.64 bits per heavy atom. The zero-order valence-electron chi connectivity index (χ0n) is 23.7. The number of hydrogen-bond acceptors (Lipinski definition) is 3. The Kier molecular flexibility index (Phi) is 10.6. The van der Waals surface area contributed by atoms with Crippen LogP contribution in [0.5, 0.6) is 0 Å². The summed E-state index contributed by atoms with van der Waals surface area (Å²) >= 11 is 0. The van der Waals surface area contributed by atoms with E-state index in [4.69, 9.17) is 5.73 Å². The van der Waals surface area contributed by atoms with Gasteiger partial charge in [0.2, 0.25) is 0 Å². The number of aliphatic imine (C=N–C) groups is 1. The van der Waals surface area contributed by atoms with Gasteiger partial charge in [0.05, 0.1) is 5.84 Å². The van der Waals surface area contributed by atoms with Gasteiger partial charge in [0.25, 0.3) is 11.8 Å². The average Bonchev–Trinajstić information content (AvgIpc) is 3.59. The fourth-order valence-electron chi connectivity index (χ4n) is 5.32. The Hall–Kier alpha value is -3.29. The van der Waals surface area contributed by atoms with E-state index < -0.39 is 17.2 Å². The van der Waals surface area contributed by atoms with Crippen molar-refractivity contribution in [3.05, 3.63) is 70.3 Å².